The van der Waals surface area contributed by atoms with Gasteiger partial charge in [-0.3, -0.25) is 0 Å². The Morgan fingerprint density at radius 2 is 1.89 bits per heavy atom. The molecule has 146 valence electrons. The second kappa shape index (κ2) is 7.97. The maximum absolute atomic E-state index is 12.0. The molecule has 0 radical (unpaired) electrons. The number of aryl methyl sites for hydroxylation is 1. The van der Waals surface area contributed by atoms with Gasteiger partial charge in [-0.1, -0.05) is 35.0 Å². The Morgan fingerprint density at radius 1 is 1.18 bits per heavy atom. The third-order valence-electron chi connectivity index (χ3n) is 4.79. The summed E-state index contributed by atoms with van der Waals surface area (Å²) >= 11 is 6.33. The molecule has 0 amide bonds. The van der Waals surface area contributed by atoms with E-state index in [1.165, 1.54) is 0 Å². The van der Waals surface area contributed by atoms with E-state index in [1.54, 1.807) is 0 Å². The summed E-state index contributed by atoms with van der Waals surface area (Å²) in [5.74, 6) is 0.672. The van der Waals surface area contributed by atoms with Crippen molar-refractivity contribution in [3.8, 4) is 11.3 Å². The zero-order chi connectivity index (χ0) is 19.7. The van der Waals surface area contributed by atoms with Gasteiger partial charge in [0, 0.05) is 16.3 Å². The summed E-state index contributed by atoms with van der Waals surface area (Å²) in [6.07, 6.45) is 2.07. The number of nitrogens with one attached hydrogen (secondary N) is 2. The van der Waals surface area contributed by atoms with Crippen molar-refractivity contribution >= 4 is 34.0 Å². The molecule has 0 spiro atoms. The van der Waals surface area contributed by atoms with Gasteiger partial charge in [-0.15, -0.1) is 0 Å². The van der Waals surface area contributed by atoms with E-state index in [2.05, 4.69) is 22.1 Å². The average Bonchev–Trinajstić information content (AvgIpc) is 3.48. The van der Waals surface area contributed by atoms with Crippen molar-refractivity contribution in [1.29, 1.82) is 0 Å². The summed E-state index contributed by atoms with van der Waals surface area (Å²) in [5.41, 5.74) is 4.37. The first-order chi connectivity index (χ1) is 13.5. The Morgan fingerprint density at radius 3 is 2.57 bits per heavy atom. The number of halogens is 1. The van der Waals surface area contributed by atoms with E-state index >= 15 is 0 Å². The van der Waals surface area contributed by atoms with Crippen LogP contribution in [-0.4, -0.2) is 14.6 Å². The lowest BCUT2D eigenvalue weighted by Crippen LogP contribution is -2.09. The van der Waals surface area contributed by atoms with Gasteiger partial charge in [0.2, 0.25) is 0 Å². The summed E-state index contributed by atoms with van der Waals surface area (Å²) in [7, 11) is -1.00. The number of nitrogens with zero attached hydrogens (tertiary/aromatic N) is 1. The van der Waals surface area contributed by atoms with Gasteiger partial charge >= 0.3 is 0 Å². The summed E-state index contributed by atoms with van der Waals surface area (Å²) in [4.78, 5) is 0. The third-order valence-corrected chi connectivity index (χ3v) is 6.65. The van der Waals surface area contributed by atoms with Crippen molar-refractivity contribution in [2.45, 2.75) is 38.0 Å². The lowest BCUT2D eigenvalue weighted by atomic mass is 10.1. The van der Waals surface area contributed by atoms with Crippen LogP contribution >= 0.6 is 11.6 Å². The van der Waals surface area contributed by atoms with Crippen LogP contribution in [0.25, 0.3) is 11.3 Å². The van der Waals surface area contributed by atoms with Crippen molar-refractivity contribution in [1.82, 2.24) is 5.16 Å². The lowest BCUT2D eigenvalue weighted by molar-refractivity contribution is 0.427. The van der Waals surface area contributed by atoms with Crippen molar-refractivity contribution < 1.29 is 8.73 Å². The molecule has 4 rings (SSSR count). The average molecular weight is 416 g/mol. The van der Waals surface area contributed by atoms with Gasteiger partial charge < -0.3 is 14.6 Å². The van der Waals surface area contributed by atoms with E-state index in [0.29, 0.717) is 11.0 Å². The number of aromatic nitrogens is 1. The van der Waals surface area contributed by atoms with Gasteiger partial charge in [0.15, 0.2) is 5.76 Å². The molecule has 0 bridgehead atoms. The summed E-state index contributed by atoms with van der Waals surface area (Å²) in [6, 6.07) is 15.5. The predicted molar refractivity (Wildman–Crippen MR) is 115 cm³/mol. The molecule has 1 aliphatic carbocycles. The van der Waals surface area contributed by atoms with Gasteiger partial charge in [-0.25, -0.2) is 4.21 Å². The van der Waals surface area contributed by atoms with Crippen LogP contribution in [-0.2, 0) is 11.0 Å². The Labute approximate surface area is 172 Å². The predicted octanol–water partition coefficient (Wildman–Crippen LogP) is 5.71. The number of hydrogen-bond donors (Lipinski definition) is 2. The summed E-state index contributed by atoms with van der Waals surface area (Å²) in [5, 5.41) is 8.62. The van der Waals surface area contributed by atoms with E-state index in [1.807, 2.05) is 55.5 Å². The van der Waals surface area contributed by atoms with Crippen LogP contribution in [0, 0.1) is 6.92 Å². The van der Waals surface area contributed by atoms with E-state index in [9.17, 15) is 4.21 Å². The lowest BCUT2D eigenvalue weighted by Gasteiger charge is -2.17. The summed E-state index contributed by atoms with van der Waals surface area (Å²) in [6.45, 7) is 3.96. The minimum Gasteiger partial charge on any atom is -0.374 e. The van der Waals surface area contributed by atoms with Gasteiger partial charge in [-0.05, 0) is 62.6 Å². The van der Waals surface area contributed by atoms with Crippen LogP contribution in [0.15, 0.2) is 53.1 Å². The van der Waals surface area contributed by atoms with E-state index in [-0.39, 0.29) is 6.04 Å². The molecule has 2 N–H and O–H groups in total. The van der Waals surface area contributed by atoms with E-state index in [0.717, 1.165) is 46.1 Å². The molecule has 2 aromatic carbocycles. The van der Waals surface area contributed by atoms with Crippen LogP contribution < -0.4 is 10.0 Å². The zero-order valence-electron chi connectivity index (χ0n) is 15.7. The number of hydrogen-bond acceptors (Lipinski definition) is 4. The normalized spacial score (nSPS) is 15.8. The second-order valence-corrected chi connectivity index (χ2v) is 8.91. The molecule has 5 nitrogen and oxygen atoms in total. The number of anilines is 2. The quantitative estimate of drug-likeness (QED) is 0.518. The van der Waals surface area contributed by atoms with Crippen molar-refractivity contribution in [3.05, 3.63) is 64.8 Å². The largest absolute Gasteiger partial charge is 0.374 e. The molecule has 3 aromatic rings. The maximum atomic E-state index is 12.0. The van der Waals surface area contributed by atoms with Crippen LogP contribution in [0.5, 0.6) is 0 Å². The zero-order valence-corrected chi connectivity index (χ0v) is 17.3. The highest BCUT2D eigenvalue weighted by Crippen LogP contribution is 2.35. The topological polar surface area (TPSA) is 67.2 Å². The Hall–Kier alpha value is -2.31. The Bertz CT molecular complexity index is 999. The highest BCUT2D eigenvalue weighted by Gasteiger charge is 2.28. The fourth-order valence-corrected chi connectivity index (χ4v) is 4.43. The molecule has 0 aliphatic heterocycles. The van der Waals surface area contributed by atoms with Crippen molar-refractivity contribution in [3.63, 3.8) is 0 Å². The van der Waals surface area contributed by atoms with E-state index < -0.39 is 11.0 Å². The molecular formula is C21H22ClN3O2S. The minimum absolute atomic E-state index is 0.00699. The first-order valence-corrected chi connectivity index (χ1v) is 10.9. The molecule has 1 heterocycles. The van der Waals surface area contributed by atoms with Crippen LogP contribution in [0.4, 0.5) is 11.4 Å². The molecule has 2 atom stereocenters. The molecule has 1 aromatic heterocycles. The van der Waals surface area contributed by atoms with Crippen LogP contribution in [0.3, 0.4) is 0 Å². The molecule has 2 unspecified atom stereocenters. The fourth-order valence-electron chi connectivity index (χ4n) is 3.03. The van der Waals surface area contributed by atoms with E-state index in [4.69, 9.17) is 16.1 Å². The molecular weight excluding hydrogens is 394 g/mol. The van der Waals surface area contributed by atoms with Gasteiger partial charge in [0.05, 0.1) is 11.3 Å². The molecule has 28 heavy (non-hydrogen) atoms. The first kappa shape index (κ1) is 19.0. The maximum Gasteiger partial charge on any atom is 0.190 e. The molecule has 1 aliphatic rings. The third kappa shape index (κ3) is 4.08. The number of rotatable bonds is 7. The molecule has 0 saturated heterocycles. The molecule has 1 fully saturated rings. The Balaban J connectivity index is 1.54. The number of benzene rings is 2. The smallest absolute Gasteiger partial charge is 0.190 e. The first-order valence-electron chi connectivity index (χ1n) is 9.28. The minimum atomic E-state index is -1.00. The summed E-state index contributed by atoms with van der Waals surface area (Å²) < 4.78 is 20.7. The highest BCUT2D eigenvalue weighted by molar-refractivity contribution is 7.87. The van der Waals surface area contributed by atoms with Crippen molar-refractivity contribution in [2.75, 3.05) is 10.0 Å². The SMILES string of the molecule is Cc1noc(-c2ccc(NS(=O)C3CC3)cc2)c1NC(C)c1ccccc1Cl. The van der Waals surface area contributed by atoms with Crippen molar-refractivity contribution in [2.24, 2.45) is 0 Å². The van der Waals surface area contributed by atoms with Crippen LogP contribution in [0.1, 0.15) is 37.1 Å². The Kier molecular flexibility index (Phi) is 5.42. The van der Waals surface area contributed by atoms with Gasteiger partial charge in [0.25, 0.3) is 0 Å². The molecule has 7 heteroatoms. The standard InChI is InChI=1S/C21H22ClN3O2S/c1-13(18-5-3-4-6-19(18)22)23-20-14(2)24-27-21(20)15-7-9-16(10-8-15)25-28(26)17-11-12-17/h3-10,13,17,23,25H,11-12H2,1-2H3. The molecule has 1 saturated carbocycles. The second-order valence-electron chi connectivity index (χ2n) is 7.04. The highest BCUT2D eigenvalue weighted by atomic mass is 35.5. The van der Waals surface area contributed by atoms with Gasteiger partial charge in [0.1, 0.15) is 22.4 Å². The monoisotopic (exact) mass is 415 g/mol. The van der Waals surface area contributed by atoms with Gasteiger partial charge in [-0.2, -0.15) is 0 Å². The fraction of sp³-hybridized carbons (Fsp3) is 0.286. The van der Waals surface area contributed by atoms with Crippen LogP contribution in [0.2, 0.25) is 5.02 Å².